The van der Waals surface area contributed by atoms with Crippen molar-refractivity contribution in [2.45, 2.75) is 11.8 Å². The van der Waals surface area contributed by atoms with E-state index in [-0.39, 0.29) is 26.4 Å². The number of hydrogen-bond donors (Lipinski definition) is 2. The number of nitrogens with one attached hydrogen (secondary N) is 1. The van der Waals surface area contributed by atoms with Gasteiger partial charge in [-0.05, 0) is 18.1 Å². The maximum atomic E-state index is 12.1. The Morgan fingerprint density at radius 3 is 2.57 bits per heavy atom. The summed E-state index contributed by atoms with van der Waals surface area (Å²) in [5.41, 5.74) is -0.0437. The number of benzene rings is 1. The molecule has 118 valence electrons. The van der Waals surface area contributed by atoms with Gasteiger partial charge in [-0.3, -0.25) is 4.79 Å². The van der Waals surface area contributed by atoms with Gasteiger partial charge in [0.1, 0.15) is 0 Å². The van der Waals surface area contributed by atoms with E-state index in [1.54, 1.807) is 7.11 Å². The zero-order valence-corrected chi connectivity index (χ0v) is 13.8. The molecule has 0 saturated carbocycles. The molecule has 0 bridgehead atoms. The topological polar surface area (TPSA) is 98.5 Å². The van der Waals surface area contributed by atoms with Gasteiger partial charge in [-0.25, -0.2) is 13.6 Å². The largest absolute Gasteiger partial charge is 0.384 e. The highest BCUT2D eigenvalue weighted by molar-refractivity contribution is 7.89. The molecule has 9 heteroatoms. The lowest BCUT2D eigenvalue weighted by Crippen LogP contribution is -2.30. The second kappa shape index (κ2) is 7.42. The number of halogens is 2. The smallest absolute Gasteiger partial charge is 0.252 e. The monoisotopic (exact) mass is 354 g/mol. The number of rotatable bonds is 6. The summed E-state index contributed by atoms with van der Waals surface area (Å²) in [4.78, 5) is 11.8. The zero-order chi connectivity index (χ0) is 16.2. The second-order valence-corrected chi connectivity index (χ2v) is 6.93. The molecule has 0 aliphatic heterocycles. The molecule has 0 aliphatic rings. The quantitative estimate of drug-likeness (QED) is 0.811. The summed E-state index contributed by atoms with van der Waals surface area (Å²) in [6, 6.07) is 2.20. The van der Waals surface area contributed by atoms with Crippen molar-refractivity contribution in [1.29, 1.82) is 0 Å². The first kappa shape index (κ1) is 18.2. The number of sulfonamides is 1. The van der Waals surface area contributed by atoms with Gasteiger partial charge in [0.2, 0.25) is 10.0 Å². The van der Waals surface area contributed by atoms with Crippen molar-refractivity contribution in [2.24, 2.45) is 11.1 Å². The van der Waals surface area contributed by atoms with Gasteiger partial charge in [0.25, 0.3) is 5.91 Å². The van der Waals surface area contributed by atoms with E-state index in [2.05, 4.69) is 5.32 Å². The van der Waals surface area contributed by atoms with Crippen LogP contribution >= 0.6 is 23.2 Å². The van der Waals surface area contributed by atoms with E-state index in [1.807, 2.05) is 6.92 Å². The van der Waals surface area contributed by atoms with E-state index in [9.17, 15) is 13.2 Å². The molecule has 21 heavy (non-hydrogen) atoms. The molecule has 0 saturated heterocycles. The molecule has 3 N–H and O–H groups in total. The molecule has 1 aromatic rings. The van der Waals surface area contributed by atoms with E-state index in [0.717, 1.165) is 12.1 Å². The Kier molecular flexibility index (Phi) is 6.42. The van der Waals surface area contributed by atoms with Crippen molar-refractivity contribution in [1.82, 2.24) is 5.32 Å². The van der Waals surface area contributed by atoms with Crippen LogP contribution in [0.5, 0.6) is 0 Å². The van der Waals surface area contributed by atoms with Crippen molar-refractivity contribution < 1.29 is 17.9 Å². The van der Waals surface area contributed by atoms with Crippen LogP contribution in [0.1, 0.15) is 17.3 Å². The van der Waals surface area contributed by atoms with E-state index < -0.39 is 15.9 Å². The Morgan fingerprint density at radius 1 is 1.43 bits per heavy atom. The third-order valence-corrected chi connectivity index (χ3v) is 4.33. The van der Waals surface area contributed by atoms with Crippen LogP contribution in [0.3, 0.4) is 0 Å². The number of carbonyl (C=O) groups is 1. The van der Waals surface area contributed by atoms with Crippen LogP contribution in [0.4, 0.5) is 0 Å². The van der Waals surface area contributed by atoms with Crippen LogP contribution in [0, 0.1) is 5.92 Å². The lowest BCUT2D eigenvalue weighted by atomic mass is 10.1. The molecule has 0 aromatic heterocycles. The Balaban J connectivity index is 3.01. The number of primary sulfonamides is 1. The summed E-state index contributed by atoms with van der Waals surface area (Å²) in [5.74, 6) is -0.440. The Bertz CT molecular complexity index is 634. The summed E-state index contributed by atoms with van der Waals surface area (Å²) in [6.45, 7) is 2.71. The maximum absolute atomic E-state index is 12.1. The maximum Gasteiger partial charge on any atom is 0.252 e. The first-order valence-electron chi connectivity index (χ1n) is 5.95. The molecule has 0 spiro atoms. The molecule has 1 aromatic carbocycles. The highest BCUT2D eigenvalue weighted by Crippen LogP contribution is 2.29. The van der Waals surface area contributed by atoms with Crippen molar-refractivity contribution in [3.05, 3.63) is 27.7 Å². The average Bonchev–Trinajstić information content (AvgIpc) is 2.38. The third kappa shape index (κ3) is 5.12. The summed E-state index contributed by atoms with van der Waals surface area (Å²) in [7, 11) is -2.42. The summed E-state index contributed by atoms with van der Waals surface area (Å²) < 4.78 is 27.7. The minimum Gasteiger partial charge on any atom is -0.384 e. The van der Waals surface area contributed by atoms with Gasteiger partial charge in [-0.2, -0.15) is 0 Å². The predicted molar refractivity (Wildman–Crippen MR) is 81.2 cm³/mol. The molecule has 0 fully saturated rings. The van der Waals surface area contributed by atoms with E-state index in [4.69, 9.17) is 33.1 Å². The fraction of sp³-hybridized carbons (Fsp3) is 0.417. The van der Waals surface area contributed by atoms with Gasteiger partial charge in [-0.1, -0.05) is 30.1 Å². The predicted octanol–water partition coefficient (Wildman–Crippen LogP) is 1.65. The van der Waals surface area contributed by atoms with Gasteiger partial charge < -0.3 is 10.1 Å². The van der Waals surface area contributed by atoms with Crippen LogP contribution < -0.4 is 10.5 Å². The minimum absolute atomic E-state index is 0.0269. The molecular formula is C12H16Cl2N2O4S. The first-order chi connectivity index (χ1) is 9.66. The van der Waals surface area contributed by atoms with Crippen LogP contribution in [0.25, 0.3) is 0 Å². The number of amides is 1. The van der Waals surface area contributed by atoms with Gasteiger partial charge >= 0.3 is 0 Å². The first-order valence-corrected chi connectivity index (χ1v) is 8.26. The molecule has 0 radical (unpaired) electrons. The lowest BCUT2D eigenvalue weighted by Gasteiger charge is -2.13. The van der Waals surface area contributed by atoms with Crippen molar-refractivity contribution in [3.8, 4) is 0 Å². The van der Waals surface area contributed by atoms with Gasteiger partial charge in [0, 0.05) is 13.7 Å². The van der Waals surface area contributed by atoms with E-state index in [1.165, 1.54) is 0 Å². The van der Waals surface area contributed by atoms with Crippen LogP contribution in [-0.2, 0) is 14.8 Å². The Hall–Kier alpha value is -0.860. The fourth-order valence-corrected chi connectivity index (χ4v) is 2.64. The normalized spacial score (nSPS) is 13.0. The van der Waals surface area contributed by atoms with Crippen LogP contribution in [0.2, 0.25) is 10.0 Å². The molecule has 1 unspecified atom stereocenters. The number of nitrogens with two attached hydrogens (primary N) is 1. The lowest BCUT2D eigenvalue weighted by molar-refractivity contribution is 0.0934. The van der Waals surface area contributed by atoms with E-state index >= 15 is 0 Å². The number of ether oxygens (including phenoxy) is 1. The molecule has 1 atom stereocenters. The van der Waals surface area contributed by atoms with Crippen molar-refractivity contribution in [2.75, 3.05) is 20.3 Å². The Morgan fingerprint density at radius 2 is 2.05 bits per heavy atom. The van der Waals surface area contributed by atoms with Crippen molar-refractivity contribution in [3.63, 3.8) is 0 Å². The molecular weight excluding hydrogens is 339 g/mol. The minimum atomic E-state index is -3.98. The SMILES string of the molecule is COCC(C)CNC(=O)c1cc(S(N)(=O)=O)cc(Cl)c1Cl. The summed E-state index contributed by atoms with van der Waals surface area (Å²) in [5, 5.41) is 7.58. The number of methoxy groups -OCH3 is 1. The summed E-state index contributed by atoms with van der Waals surface area (Å²) in [6.07, 6.45) is 0. The number of hydrogen-bond acceptors (Lipinski definition) is 4. The second-order valence-electron chi connectivity index (χ2n) is 4.58. The van der Waals surface area contributed by atoms with Crippen LogP contribution in [-0.4, -0.2) is 34.6 Å². The molecule has 0 heterocycles. The molecule has 0 aliphatic carbocycles. The third-order valence-electron chi connectivity index (χ3n) is 2.64. The highest BCUT2D eigenvalue weighted by Gasteiger charge is 2.19. The van der Waals surface area contributed by atoms with Gasteiger partial charge in [0.15, 0.2) is 0 Å². The molecule has 6 nitrogen and oxygen atoms in total. The van der Waals surface area contributed by atoms with Crippen molar-refractivity contribution >= 4 is 39.1 Å². The van der Waals surface area contributed by atoms with Gasteiger partial charge in [-0.15, -0.1) is 0 Å². The average molecular weight is 355 g/mol. The molecule has 1 amide bonds. The van der Waals surface area contributed by atoms with E-state index in [0.29, 0.717) is 13.2 Å². The zero-order valence-electron chi connectivity index (χ0n) is 11.5. The number of carbonyl (C=O) groups excluding carboxylic acids is 1. The van der Waals surface area contributed by atoms with Crippen LogP contribution in [0.15, 0.2) is 17.0 Å². The standard InChI is InChI=1S/C12H16Cl2N2O4S/c1-7(6-20-2)5-16-12(17)9-3-8(21(15,18)19)4-10(13)11(9)14/h3-4,7H,5-6H2,1-2H3,(H,16,17)(H2,15,18,19). The highest BCUT2D eigenvalue weighted by atomic mass is 35.5. The summed E-state index contributed by atoms with van der Waals surface area (Å²) >= 11 is 11.8. The fourth-order valence-electron chi connectivity index (χ4n) is 1.60. The Labute approximate surface area is 133 Å². The van der Waals surface area contributed by atoms with Gasteiger partial charge in [0.05, 0.1) is 27.1 Å². The molecule has 1 rings (SSSR count).